The molecule has 21 heavy (non-hydrogen) atoms. The van der Waals surface area contributed by atoms with Gasteiger partial charge in [0.05, 0.1) is 5.60 Å². The second-order valence-electron chi connectivity index (χ2n) is 5.70. The van der Waals surface area contributed by atoms with Crippen LogP contribution < -0.4 is 10.6 Å². The Kier molecular flexibility index (Phi) is 5.17. The predicted octanol–water partition coefficient (Wildman–Crippen LogP) is 2.37. The molecule has 1 saturated heterocycles. The molecule has 116 valence electrons. The van der Waals surface area contributed by atoms with E-state index in [4.69, 9.17) is 4.74 Å². The Bertz CT molecular complexity index is 496. The van der Waals surface area contributed by atoms with Crippen molar-refractivity contribution in [2.75, 3.05) is 25.0 Å². The smallest absolute Gasteiger partial charge is 0.251 e. The molecular weight excluding hydrogens is 266 g/mol. The van der Waals surface area contributed by atoms with Gasteiger partial charge in [-0.3, -0.25) is 4.79 Å². The average Bonchev–Trinajstić information content (AvgIpc) is 2.92. The van der Waals surface area contributed by atoms with Gasteiger partial charge in [0.15, 0.2) is 0 Å². The van der Waals surface area contributed by atoms with Crippen LogP contribution in [0, 0.1) is 0 Å². The molecule has 1 fully saturated rings. The molecule has 0 radical (unpaired) electrons. The Morgan fingerprint density at radius 1 is 1.43 bits per heavy atom. The first-order valence-electron chi connectivity index (χ1n) is 7.73. The lowest BCUT2D eigenvalue weighted by Gasteiger charge is -2.23. The van der Waals surface area contributed by atoms with Gasteiger partial charge in [0, 0.05) is 31.0 Å². The maximum atomic E-state index is 12.3. The van der Waals surface area contributed by atoms with E-state index in [0.717, 1.165) is 43.9 Å². The Hall–Kier alpha value is -1.62. The summed E-state index contributed by atoms with van der Waals surface area (Å²) < 4.78 is 5.69. The standard InChI is InChI=1S/C16H25N3O2/c1-4-13-9-12(10-14(19-13)17-5-2)15(20)18-11-16(3)7-6-8-21-16/h9-10H,4-8,11H2,1-3H3,(H,17,19)(H,18,20). The first-order chi connectivity index (χ1) is 10.1. The molecule has 2 heterocycles. The number of rotatable bonds is 6. The Balaban J connectivity index is 2.05. The average molecular weight is 291 g/mol. The molecule has 0 bridgehead atoms. The highest BCUT2D eigenvalue weighted by Gasteiger charge is 2.30. The number of hydrogen-bond donors (Lipinski definition) is 2. The Labute approximate surface area is 126 Å². The second kappa shape index (κ2) is 6.89. The van der Waals surface area contributed by atoms with Crippen molar-refractivity contribution in [3.63, 3.8) is 0 Å². The lowest BCUT2D eigenvalue weighted by Crippen LogP contribution is -2.40. The summed E-state index contributed by atoms with van der Waals surface area (Å²) in [5.41, 5.74) is 1.35. The molecule has 5 heteroatoms. The summed E-state index contributed by atoms with van der Waals surface area (Å²) in [5, 5.41) is 6.15. The molecule has 2 N–H and O–H groups in total. The number of pyridine rings is 1. The molecule has 1 aliphatic heterocycles. The van der Waals surface area contributed by atoms with Gasteiger partial charge >= 0.3 is 0 Å². The fourth-order valence-corrected chi connectivity index (χ4v) is 2.52. The molecule has 1 aliphatic rings. The minimum Gasteiger partial charge on any atom is -0.373 e. The van der Waals surface area contributed by atoms with Gasteiger partial charge in [0.2, 0.25) is 0 Å². The molecule has 0 saturated carbocycles. The zero-order valence-electron chi connectivity index (χ0n) is 13.2. The zero-order chi connectivity index (χ0) is 15.3. The molecule has 1 aromatic heterocycles. The Morgan fingerprint density at radius 2 is 2.24 bits per heavy atom. The lowest BCUT2D eigenvalue weighted by molar-refractivity contribution is 0.0206. The van der Waals surface area contributed by atoms with E-state index in [9.17, 15) is 4.79 Å². The van der Waals surface area contributed by atoms with Gasteiger partial charge in [-0.25, -0.2) is 4.98 Å². The summed E-state index contributed by atoms with van der Waals surface area (Å²) in [4.78, 5) is 16.8. The molecule has 0 aromatic carbocycles. The molecule has 2 rings (SSSR count). The van der Waals surface area contributed by atoms with Gasteiger partial charge in [-0.2, -0.15) is 0 Å². The number of amides is 1. The minimum atomic E-state index is -0.221. The number of nitrogens with one attached hydrogen (secondary N) is 2. The third-order valence-corrected chi connectivity index (χ3v) is 3.78. The molecule has 1 atom stereocenters. The number of anilines is 1. The molecule has 0 spiro atoms. The number of carbonyl (C=O) groups is 1. The van der Waals surface area contributed by atoms with Gasteiger partial charge in [0.25, 0.3) is 5.91 Å². The molecule has 1 amide bonds. The molecular formula is C16H25N3O2. The predicted molar refractivity (Wildman–Crippen MR) is 83.7 cm³/mol. The molecule has 1 unspecified atom stereocenters. The van der Waals surface area contributed by atoms with Crippen LogP contribution in [0.15, 0.2) is 12.1 Å². The van der Waals surface area contributed by atoms with Crippen molar-refractivity contribution in [1.29, 1.82) is 0 Å². The van der Waals surface area contributed by atoms with Crippen LogP contribution in [0.4, 0.5) is 5.82 Å². The van der Waals surface area contributed by atoms with Crippen molar-refractivity contribution < 1.29 is 9.53 Å². The highest BCUT2D eigenvalue weighted by atomic mass is 16.5. The fourth-order valence-electron chi connectivity index (χ4n) is 2.52. The zero-order valence-corrected chi connectivity index (χ0v) is 13.2. The SMILES string of the molecule is CCNc1cc(C(=O)NCC2(C)CCCO2)cc(CC)n1. The summed E-state index contributed by atoms with van der Waals surface area (Å²) in [6.45, 7) is 8.21. The number of carbonyl (C=O) groups excluding carboxylic acids is 1. The third kappa shape index (κ3) is 4.17. The van der Waals surface area contributed by atoms with E-state index in [1.165, 1.54) is 0 Å². The quantitative estimate of drug-likeness (QED) is 0.844. The number of ether oxygens (including phenoxy) is 1. The number of hydrogen-bond acceptors (Lipinski definition) is 4. The summed E-state index contributed by atoms with van der Waals surface area (Å²) in [5.74, 6) is 0.688. The van der Waals surface area contributed by atoms with Gasteiger partial charge in [-0.05, 0) is 45.2 Å². The normalized spacial score (nSPS) is 21.3. The van der Waals surface area contributed by atoms with Crippen LogP contribution in [-0.4, -0.2) is 36.2 Å². The van der Waals surface area contributed by atoms with Crippen molar-refractivity contribution >= 4 is 11.7 Å². The van der Waals surface area contributed by atoms with Crippen LogP contribution in [0.2, 0.25) is 0 Å². The topological polar surface area (TPSA) is 63.2 Å². The van der Waals surface area contributed by atoms with Crippen LogP contribution in [0.25, 0.3) is 0 Å². The summed E-state index contributed by atoms with van der Waals surface area (Å²) >= 11 is 0. The number of aryl methyl sites for hydroxylation is 1. The maximum absolute atomic E-state index is 12.3. The molecule has 1 aromatic rings. The van der Waals surface area contributed by atoms with Crippen LogP contribution in [0.3, 0.4) is 0 Å². The highest BCUT2D eigenvalue weighted by molar-refractivity contribution is 5.95. The van der Waals surface area contributed by atoms with E-state index in [1.807, 2.05) is 26.8 Å². The second-order valence-corrected chi connectivity index (χ2v) is 5.70. The van der Waals surface area contributed by atoms with Crippen molar-refractivity contribution in [3.8, 4) is 0 Å². The van der Waals surface area contributed by atoms with Crippen molar-refractivity contribution in [2.45, 2.75) is 45.6 Å². The van der Waals surface area contributed by atoms with Crippen molar-refractivity contribution in [2.24, 2.45) is 0 Å². The molecule has 5 nitrogen and oxygen atoms in total. The van der Waals surface area contributed by atoms with E-state index < -0.39 is 0 Å². The monoisotopic (exact) mass is 291 g/mol. The van der Waals surface area contributed by atoms with Crippen LogP contribution >= 0.6 is 0 Å². The first-order valence-corrected chi connectivity index (χ1v) is 7.73. The van der Waals surface area contributed by atoms with Gasteiger partial charge in [-0.15, -0.1) is 0 Å². The van der Waals surface area contributed by atoms with Crippen molar-refractivity contribution in [1.82, 2.24) is 10.3 Å². The first kappa shape index (κ1) is 15.8. The van der Waals surface area contributed by atoms with Gasteiger partial charge in [0.1, 0.15) is 5.82 Å². The van der Waals surface area contributed by atoms with Gasteiger partial charge < -0.3 is 15.4 Å². The van der Waals surface area contributed by atoms with E-state index in [-0.39, 0.29) is 11.5 Å². The summed E-state index contributed by atoms with van der Waals surface area (Å²) in [7, 11) is 0. The van der Waals surface area contributed by atoms with E-state index in [1.54, 1.807) is 6.07 Å². The van der Waals surface area contributed by atoms with E-state index in [2.05, 4.69) is 15.6 Å². The van der Waals surface area contributed by atoms with E-state index in [0.29, 0.717) is 12.1 Å². The lowest BCUT2D eigenvalue weighted by atomic mass is 10.0. The summed E-state index contributed by atoms with van der Waals surface area (Å²) in [6, 6.07) is 3.66. The molecule has 0 aliphatic carbocycles. The van der Waals surface area contributed by atoms with Gasteiger partial charge in [-0.1, -0.05) is 6.92 Å². The minimum absolute atomic E-state index is 0.0667. The van der Waals surface area contributed by atoms with Crippen LogP contribution in [-0.2, 0) is 11.2 Å². The fraction of sp³-hybridized carbons (Fsp3) is 0.625. The largest absolute Gasteiger partial charge is 0.373 e. The number of aromatic nitrogens is 1. The van der Waals surface area contributed by atoms with Crippen LogP contribution in [0.1, 0.15) is 49.7 Å². The van der Waals surface area contributed by atoms with E-state index >= 15 is 0 Å². The number of nitrogens with zero attached hydrogens (tertiary/aromatic N) is 1. The summed E-state index contributed by atoms with van der Waals surface area (Å²) in [6.07, 6.45) is 2.86. The Morgan fingerprint density at radius 3 is 2.86 bits per heavy atom. The maximum Gasteiger partial charge on any atom is 0.251 e. The van der Waals surface area contributed by atoms with Crippen molar-refractivity contribution in [3.05, 3.63) is 23.4 Å². The van der Waals surface area contributed by atoms with Crippen LogP contribution in [0.5, 0.6) is 0 Å². The highest BCUT2D eigenvalue weighted by Crippen LogP contribution is 2.24. The third-order valence-electron chi connectivity index (χ3n) is 3.78.